The Kier molecular flexibility index (Phi) is 5.43. The fourth-order valence-corrected chi connectivity index (χ4v) is 2.85. The monoisotopic (exact) mass is 320 g/mol. The molecule has 1 fully saturated rings. The number of likely N-dealkylation sites (tertiary alicyclic amines) is 1. The van der Waals surface area contributed by atoms with Gasteiger partial charge >= 0.3 is 0 Å². The topological polar surface area (TPSA) is 43.2 Å². The molecule has 3 rings (SSSR count). The lowest BCUT2D eigenvalue weighted by Crippen LogP contribution is -2.38. The number of pyridine rings is 1. The number of piperidine rings is 1. The summed E-state index contributed by atoms with van der Waals surface area (Å²) >= 11 is 5.87. The number of aromatic nitrogens is 3. The largest absolute Gasteiger partial charge is 0.372 e. The van der Waals surface area contributed by atoms with E-state index in [-0.39, 0.29) is 0 Å². The van der Waals surface area contributed by atoms with Crippen LogP contribution in [0.3, 0.4) is 0 Å². The summed E-state index contributed by atoms with van der Waals surface area (Å²) in [6.07, 6.45) is 7.85. The molecule has 0 bridgehead atoms. The molecule has 118 valence electrons. The summed E-state index contributed by atoms with van der Waals surface area (Å²) in [4.78, 5) is 6.74. The number of hydrogen-bond acceptors (Lipinski definition) is 4. The van der Waals surface area contributed by atoms with Crippen LogP contribution in [0.1, 0.15) is 18.5 Å². The van der Waals surface area contributed by atoms with Crippen LogP contribution in [0.15, 0.2) is 36.8 Å². The number of nitrogens with zero attached hydrogens (tertiary/aromatic N) is 4. The summed E-state index contributed by atoms with van der Waals surface area (Å²) < 4.78 is 7.85. The van der Waals surface area contributed by atoms with Crippen molar-refractivity contribution in [2.45, 2.75) is 32.1 Å². The summed E-state index contributed by atoms with van der Waals surface area (Å²) in [6.45, 7) is 4.64. The number of ether oxygens (including phenoxy) is 1. The van der Waals surface area contributed by atoms with Crippen LogP contribution in [-0.2, 0) is 17.9 Å². The van der Waals surface area contributed by atoms with E-state index in [4.69, 9.17) is 16.3 Å². The number of halogens is 1. The quantitative estimate of drug-likeness (QED) is 0.820. The Labute approximate surface area is 135 Å². The molecule has 0 aliphatic carbocycles. The molecular formula is C16H21ClN4O. The van der Waals surface area contributed by atoms with Crippen molar-refractivity contribution in [3.8, 4) is 0 Å². The second kappa shape index (κ2) is 7.72. The van der Waals surface area contributed by atoms with Gasteiger partial charge in [-0.2, -0.15) is 5.10 Å². The van der Waals surface area contributed by atoms with Crippen molar-refractivity contribution in [3.63, 3.8) is 0 Å². The van der Waals surface area contributed by atoms with E-state index in [1.807, 2.05) is 35.3 Å². The molecule has 1 saturated heterocycles. The molecule has 0 aromatic carbocycles. The van der Waals surface area contributed by atoms with Crippen molar-refractivity contribution < 1.29 is 4.74 Å². The minimum Gasteiger partial charge on any atom is -0.372 e. The van der Waals surface area contributed by atoms with E-state index in [1.165, 1.54) is 0 Å². The van der Waals surface area contributed by atoms with E-state index in [0.717, 1.165) is 44.7 Å². The first-order valence-corrected chi connectivity index (χ1v) is 8.09. The van der Waals surface area contributed by atoms with E-state index in [1.54, 1.807) is 6.20 Å². The van der Waals surface area contributed by atoms with E-state index in [9.17, 15) is 0 Å². The molecule has 2 aromatic heterocycles. The maximum absolute atomic E-state index is 5.96. The molecule has 0 saturated carbocycles. The van der Waals surface area contributed by atoms with Gasteiger partial charge in [0.2, 0.25) is 0 Å². The van der Waals surface area contributed by atoms with Crippen LogP contribution >= 0.6 is 11.6 Å². The van der Waals surface area contributed by atoms with Gasteiger partial charge in [-0.25, -0.2) is 0 Å². The first-order valence-electron chi connectivity index (χ1n) is 7.71. The first-order chi connectivity index (χ1) is 10.8. The van der Waals surface area contributed by atoms with E-state index in [2.05, 4.69) is 15.0 Å². The molecule has 0 amide bonds. The van der Waals surface area contributed by atoms with Crippen LogP contribution in [0, 0.1) is 0 Å². The Bertz CT molecular complexity index is 567. The van der Waals surface area contributed by atoms with Crippen molar-refractivity contribution in [1.82, 2.24) is 19.7 Å². The van der Waals surface area contributed by atoms with E-state index < -0.39 is 0 Å². The van der Waals surface area contributed by atoms with Gasteiger partial charge in [0.05, 0.1) is 36.2 Å². The summed E-state index contributed by atoms with van der Waals surface area (Å²) in [5.41, 5.74) is 1.00. The fraction of sp³-hybridized carbons (Fsp3) is 0.500. The lowest BCUT2D eigenvalue weighted by molar-refractivity contribution is -0.00435. The van der Waals surface area contributed by atoms with Gasteiger partial charge in [-0.15, -0.1) is 0 Å². The van der Waals surface area contributed by atoms with Crippen LogP contribution in [0.4, 0.5) is 0 Å². The minimum atomic E-state index is 0.345. The van der Waals surface area contributed by atoms with Crippen molar-refractivity contribution in [3.05, 3.63) is 47.5 Å². The molecule has 2 aromatic rings. The predicted molar refractivity (Wildman–Crippen MR) is 85.7 cm³/mol. The molecule has 1 aliphatic rings. The zero-order valence-electron chi connectivity index (χ0n) is 12.6. The second-order valence-electron chi connectivity index (χ2n) is 5.59. The highest BCUT2D eigenvalue weighted by atomic mass is 35.5. The third kappa shape index (κ3) is 4.53. The highest BCUT2D eigenvalue weighted by molar-refractivity contribution is 6.30. The average Bonchev–Trinajstić information content (AvgIpc) is 2.98. The van der Waals surface area contributed by atoms with Crippen LogP contribution in [0.25, 0.3) is 0 Å². The standard InChI is InChI=1S/C16H21ClN4O/c17-14-11-19-21(12-14)10-9-20-7-4-16(5-8-20)22-13-15-3-1-2-6-18-15/h1-3,6,11-12,16H,4-5,7-10,13H2. The second-order valence-corrected chi connectivity index (χ2v) is 6.03. The number of rotatable bonds is 6. The van der Waals surface area contributed by atoms with Crippen LogP contribution in [0.5, 0.6) is 0 Å². The molecule has 5 nitrogen and oxygen atoms in total. The fourth-order valence-electron chi connectivity index (χ4n) is 2.69. The lowest BCUT2D eigenvalue weighted by atomic mass is 10.1. The predicted octanol–water partition coefficient (Wildman–Crippen LogP) is 2.61. The van der Waals surface area contributed by atoms with Crippen molar-refractivity contribution >= 4 is 11.6 Å². The van der Waals surface area contributed by atoms with Gasteiger partial charge in [0.15, 0.2) is 0 Å². The lowest BCUT2D eigenvalue weighted by Gasteiger charge is -2.31. The Hall–Kier alpha value is -1.43. The van der Waals surface area contributed by atoms with E-state index >= 15 is 0 Å². The Morgan fingerprint density at radius 1 is 1.23 bits per heavy atom. The Morgan fingerprint density at radius 2 is 2.09 bits per heavy atom. The molecule has 0 spiro atoms. The van der Waals surface area contributed by atoms with Gasteiger partial charge in [-0.1, -0.05) is 17.7 Å². The molecule has 1 aliphatic heterocycles. The summed E-state index contributed by atoms with van der Waals surface area (Å²) in [6, 6.07) is 5.93. The van der Waals surface area contributed by atoms with Crippen molar-refractivity contribution in [2.75, 3.05) is 19.6 Å². The van der Waals surface area contributed by atoms with E-state index in [0.29, 0.717) is 17.7 Å². The molecular weight excluding hydrogens is 300 g/mol. The maximum Gasteiger partial charge on any atom is 0.0891 e. The highest BCUT2D eigenvalue weighted by Crippen LogP contribution is 2.15. The van der Waals surface area contributed by atoms with Gasteiger partial charge in [-0.3, -0.25) is 9.67 Å². The summed E-state index contributed by atoms with van der Waals surface area (Å²) in [7, 11) is 0. The normalized spacial score (nSPS) is 17.0. The molecule has 0 radical (unpaired) electrons. The van der Waals surface area contributed by atoms with Crippen molar-refractivity contribution in [1.29, 1.82) is 0 Å². The molecule has 6 heteroatoms. The zero-order chi connectivity index (χ0) is 15.2. The third-order valence-corrected chi connectivity index (χ3v) is 4.17. The Morgan fingerprint density at radius 3 is 2.77 bits per heavy atom. The average molecular weight is 321 g/mol. The van der Waals surface area contributed by atoms with Crippen LogP contribution < -0.4 is 0 Å². The maximum atomic E-state index is 5.96. The SMILES string of the molecule is Clc1cnn(CCN2CCC(OCc3ccccn3)CC2)c1. The molecule has 22 heavy (non-hydrogen) atoms. The molecule has 3 heterocycles. The van der Waals surface area contributed by atoms with Gasteiger partial charge in [-0.05, 0) is 25.0 Å². The third-order valence-electron chi connectivity index (χ3n) is 3.97. The number of hydrogen-bond donors (Lipinski definition) is 0. The van der Waals surface area contributed by atoms with Gasteiger partial charge in [0.25, 0.3) is 0 Å². The van der Waals surface area contributed by atoms with Crippen LogP contribution in [-0.4, -0.2) is 45.4 Å². The first kappa shape index (κ1) is 15.5. The smallest absolute Gasteiger partial charge is 0.0891 e. The minimum absolute atomic E-state index is 0.345. The van der Waals surface area contributed by atoms with Crippen molar-refractivity contribution in [2.24, 2.45) is 0 Å². The van der Waals surface area contributed by atoms with Gasteiger partial charge < -0.3 is 9.64 Å². The Balaban J connectivity index is 1.35. The van der Waals surface area contributed by atoms with Crippen LogP contribution in [0.2, 0.25) is 5.02 Å². The summed E-state index contributed by atoms with van der Waals surface area (Å²) in [5, 5.41) is 4.90. The zero-order valence-corrected chi connectivity index (χ0v) is 13.3. The summed E-state index contributed by atoms with van der Waals surface area (Å²) in [5.74, 6) is 0. The molecule has 0 N–H and O–H groups in total. The molecule has 0 atom stereocenters. The molecule has 0 unspecified atom stereocenters. The van der Waals surface area contributed by atoms with Gasteiger partial charge in [0.1, 0.15) is 0 Å². The van der Waals surface area contributed by atoms with Gasteiger partial charge in [0, 0.05) is 32.0 Å². The highest BCUT2D eigenvalue weighted by Gasteiger charge is 2.19.